The highest BCUT2D eigenvalue weighted by Crippen LogP contribution is 2.24. The van der Waals surface area contributed by atoms with Crippen molar-refractivity contribution in [2.75, 3.05) is 33.3 Å². The molecule has 5 heteroatoms. The van der Waals surface area contributed by atoms with Crippen LogP contribution in [0.1, 0.15) is 31.9 Å². The molecule has 1 fully saturated rings. The highest BCUT2D eigenvalue weighted by molar-refractivity contribution is 5.76. The monoisotopic (exact) mass is 315 g/mol. The van der Waals surface area contributed by atoms with Crippen molar-refractivity contribution in [1.82, 2.24) is 9.80 Å². The van der Waals surface area contributed by atoms with E-state index in [4.69, 9.17) is 4.74 Å². The number of carbonyl (C=O) groups is 1. The highest BCUT2D eigenvalue weighted by Gasteiger charge is 2.27. The Balaban J connectivity index is 1.97. The van der Waals surface area contributed by atoms with Crippen molar-refractivity contribution in [2.24, 2.45) is 5.92 Å². The molecule has 1 amide bonds. The van der Waals surface area contributed by atoms with E-state index in [9.17, 15) is 10.1 Å². The van der Waals surface area contributed by atoms with Crippen LogP contribution in [0.15, 0.2) is 24.3 Å². The third-order valence-electron chi connectivity index (χ3n) is 4.17. The predicted molar refractivity (Wildman–Crippen MR) is 89.0 cm³/mol. The maximum Gasteiger partial charge on any atom is 0.222 e. The lowest BCUT2D eigenvalue weighted by Gasteiger charge is -2.37. The summed E-state index contributed by atoms with van der Waals surface area (Å²) in [6, 6.07) is 9.73. The smallest absolute Gasteiger partial charge is 0.222 e. The lowest BCUT2D eigenvalue weighted by Crippen LogP contribution is -2.49. The minimum atomic E-state index is -0.275. The van der Waals surface area contributed by atoms with Gasteiger partial charge < -0.3 is 9.64 Å². The molecule has 0 saturated carbocycles. The molecule has 1 aromatic rings. The van der Waals surface area contributed by atoms with Gasteiger partial charge in [0, 0.05) is 32.6 Å². The molecule has 124 valence electrons. The number of ether oxygens (including phenoxy) is 1. The van der Waals surface area contributed by atoms with Gasteiger partial charge in [-0.1, -0.05) is 26.0 Å². The Kier molecular flexibility index (Phi) is 6.00. The zero-order valence-electron chi connectivity index (χ0n) is 14.2. The summed E-state index contributed by atoms with van der Waals surface area (Å²) >= 11 is 0. The van der Waals surface area contributed by atoms with Crippen molar-refractivity contribution in [2.45, 2.75) is 26.3 Å². The van der Waals surface area contributed by atoms with Crippen molar-refractivity contribution < 1.29 is 9.53 Å². The average Bonchev–Trinajstić information content (AvgIpc) is 2.56. The minimum absolute atomic E-state index is 0.220. The molecule has 0 N–H and O–H groups in total. The molecule has 0 radical (unpaired) electrons. The van der Waals surface area contributed by atoms with Crippen molar-refractivity contribution >= 4 is 5.91 Å². The van der Waals surface area contributed by atoms with Crippen LogP contribution in [0.2, 0.25) is 0 Å². The minimum Gasteiger partial charge on any atom is -0.497 e. The highest BCUT2D eigenvalue weighted by atomic mass is 16.5. The van der Waals surface area contributed by atoms with Crippen LogP contribution < -0.4 is 4.74 Å². The summed E-state index contributed by atoms with van der Waals surface area (Å²) in [5.41, 5.74) is 0.968. The maximum atomic E-state index is 12.1. The maximum absolute atomic E-state index is 12.1. The molecule has 1 aliphatic heterocycles. The second-order valence-corrected chi connectivity index (χ2v) is 6.32. The summed E-state index contributed by atoms with van der Waals surface area (Å²) in [6.07, 6.45) is 0.597. The predicted octanol–water partition coefficient (Wildman–Crippen LogP) is 2.45. The molecule has 1 aliphatic rings. The molecule has 1 atom stereocenters. The Labute approximate surface area is 138 Å². The van der Waals surface area contributed by atoms with Crippen LogP contribution in [0.4, 0.5) is 0 Å². The number of methoxy groups -OCH3 is 1. The van der Waals surface area contributed by atoms with Gasteiger partial charge in [-0.2, -0.15) is 5.26 Å². The van der Waals surface area contributed by atoms with Crippen LogP contribution in [0.5, 0.6) is 5.75 Å². The summed E-state index contributed by atoms with van der Waals surface area (Å²) < 4.78 is 5.16. The van der Waals surface area contributed by atoms with Crippen LogP contribution in [0.25, 0.3) is 0 Å². The van der Waals surface area contributed by atoms with Gasteiger partial charge in [0.05, 0.1) is 13.2 Å². The zero-order valence-corrected chi connectivity index (χ0v) is 14.2. The number of piperazine rings is 1. The molecule has 5 nitrogen and oxygen atoms in total. The first-order valence-electron chi connectivity index (χ1n) is 8.10. The Bertz CT molecular complexity index is 555. The lowest BCUT2D eigenvalue weighted by atomic mass is 10.0. The van der Waals surface area contributed by atoms with Crippen LogP contribution in [-0.4, -0.2) is 49.0 Å². The van der Waals surface area contributed by atoms with E-state index in [0.717, 1.165) is 24.4 Å². The third-order valence-corrected chi connectivity index (χ3v) is 4.17. The van der Waals surface area contributed by atoms with E-state index in [1.807, 2.05) is 29.2 Å². The van der Waals surface area contributed by atoms with Crippen molar-refractivity contribution in [3.05, 3.63) is 29.8 Å². The van der Waals surface area contributed by atoms with Crippen molar-refractivity contribution in [3.8, 4) is 11.8 Å². The first kappa shape index (κ1) is 17.3. The van der Waals surface area contributed by atoms with E-state index < -0.39 is 0 Å². The Morgan fingerprint density at radius 2 is 1.83 bits per heavy atom. The van der Waals surface area contributed by atoms with Gasteiger partial charge in [-0.15, -0.1) is 0 Å². The summed E-state index contributed by atoms with van der Waals surface area (Å²) in [5, 5.41) is 9.55. The molecule has 1 heterocycles. The second kappa shape index (κ2) is 7.98. The fourth-order valence-electron chi connectivity index (χ4n) is 2.86. The number of amides is 1. The van der Waals surface area contributed by atoms with E-state index in [0.29, 0.717) is 25.4 Å². The van der Waals surface area contributed by atoms with Crippen molar-refractivity contribution in [3.63, 3.8) is 0 Å². The normalized spacial score (nSPS) is 16.9. The molecule has 1 aromatic carbocycles. The summed E-state index contributed by atoms with van der Waals surface area (Å²) in [5.74, 6) is 1.39. The summed E-state index contributed by atoms with van der Waals surface area (Å²) in [6.45, 7) is 6.97. The van der Waals surface area contributed by atoms with Gasteiger partial charge in [-0.3, -0.25) is 9.69 Å². The standard InChI is InChI=1S/C18H25N3O2/c1-14(2)12-18(22)21-10-8-20(9-11-21)17(13-19)15-4-6-16(23-3)7-5-15/h4-7,14,17H,8-12H2,1-3H3. The SMILES string of the molecule is COc1ccc(C(C#N)N2CCN(C(=O)CC(C)C)CC2)cc1. The first-order valence-corrected chi connectivity index (χ1v) is 8.10. The van der Waals surface area contributed by atoms with Crippen LogP contribution in [0, 0.1) is 17.2 Å². The molecule has 0 bridgehead atoms. The molecule has 23 heavy (non-hydrogen) atoms. The second-order valence-electron chi connectivity index (χ2n) is 6.32. The molecule has 0 aromatic heterocycles. The van der Waals surface area contributed by atoms with Gasteiger partial charge in [0.15, 0.2) is 0 Å². The Morgan fingerprint density at radius 3 is 2.30 bits per heavy atom. The van der Waals surface area contributed by atoms with Gasteiger partial charge in [0.25, 0.3) is 0 Å². The van der Waals surface area contributed by atoms with Crippen LogP contribution >= 0.6 is 0 Å². The van der Waals surface area contributed by atoms with E-state index in [1.165, 1.54) is 0 Å². The largest absolute Gasteiger partial charge is 0.497 e. The molecule has 1 saturated heterocycles. The van der Waals surface area contributed by atoms with Crippen molar-refractivity contribution in [1.29, 1.82) is 5.26 Å². The summed E-state index contributed by atoms with van der Waals surface area (Å²) in [4.78, 5) is 16.2. The number of benzene rings is 1. The van der Waals surface area contributed by atoms with Gasteiger partial charge >= 0.3 is 0 Å². The topological polar surface area (TPSA) is 56.6 Å². The molecule has 1 unspecified atom stereocenters. The number of hydrogen-bond donors (Lipinski definition) is 0. The average molecular weight is 315 g/mol. The van der Waals surface area contributed by atoms with E-state index in [2.05, 4.69) is 24.8 Å². The number of carbonyl (C=O) groups excluding carboxylic acids is 1. The Hall–Kier alpha value is -2.06. The quantitative estimate of drug-likeness (QED) is 0.837. The number of nitriles is 1. The van der Waals surface area contributed by atoms with Gasteiger partial charge in [-0.05, 0) is 23.6 Å². The molecular formula is C18H25N3O2. The molecule has 0 spiro atoms. The molecular weight excluding hydrogens is 290 g/mol. The first-order chi connectivity index (χ1) is 11.0. The van der Waals surface area contributed by atoms with E-state index in [-0.39, 0.29) is 11.9 Å². The summed E-state index contributed by atoms with van der Waals surface area (Å²) in [7, 11) is 1.63. The number of hydrogen-bond acceptors (Lipinski definition) is 4. The molecule has 2 rings (SSSR count). The van der Waals surface area contributed by atoms with Gasteiger partial charge in [0.1, 0.15) is 11.8 Å². The molecule has 0 aliphatic carbocycles. The lowest BCUT2D eigenvalue weighted by molar-refractivity contribution is -0.133. The van der Waals surface area contributed by atoms with E-state index in [1.54, 1.807) is 7.11 Å². The van der Waals surface area contributed by atoms with E-state index >= 15 is 0 Å². The third kappa shape index (κ3) is 4.46. The number of rotatable bonds is 5. The van der Waals surface area contributed by atoms with Gasteiger partial charge in [-0.25, -0.2) is 0 Å². The van der Waals surface area contributed by atoms with Crippen LogP contribution in [0.3, 0.4) is 0 Å². The fourth-order valence-corrected chi connectivity index (χ4v) is 2.86. The van der Waals surface area contributed by atoms with Gasteiger partial charge in [0.2, 0.25) is 5.91 Å². The number of nitrogens with zero attached hydrogens (tertiary/aromatic N) is 3. The fraction of sp³-hybridized carbons (Fsp3) is 0.556. The van der Waals surface area contributed by atoms with Crippen LogP contribution in [-0.2, 0) is 4.79 Å². The Morgan fingerprint density at radius 1 is 1.22 bits per heavy atom. The zero-order chi connectivity index (χ0) is 16.8.